The number of esters is 1. The van der Waals surface area contributed by atoms with Crippen LogP contribution in [-0.2, 0) is 28.6 Å². The molecule has 2 rings (SSSR count). The van der Waals surface area contributed by atoms with Gasteiger partial charge in [0.25, 0.3) is 5.91 Å². The molecule has 0 saturated heterocycles. The third-order valence-electron chi connectivity index (χ3n) is 3.13. The summed E-state index contributed by atoms with van der Waals surface area (Å²) in [6.07, 6.45) is 1.14. The lowest BCUT2D eigenvalue weighted by Crippen LogP contribution is -2.37. The second-order valence-electron chi connectivity index (χ2n) is 5.06. The van der Waals surface area contributed by atoms with Gasteiger partial charge < -0.3 is 24.4 Å². The summed E-state index contributed by atoms with van der Waals surface area (Å²) < 4.78 is 15.6. The Labute approximate surface area is 152 Å². The third-order valence-corrected chi connectivity index (χ3v) is 3.82. The third kappa shape index (κ3) is 5.79. The van der Waals surface area contributed by atoms with Crippen LogP contribution in [0.25, 0.3) is 0 Å². The average molecular weight is 413 g/mol. The van der Waals surface area contributed by atoms with Crippen LogP contribution in [0.5, 0.6) is 0 Å². The zero-order valence-corrected chi connectivity index (χ0v) is 15.1. The highest BCUT2D eigenvalue weighted by molar-refractivity contribution is 9.10. The number of benzene rings is 1. The largest absolute Gasteiger partial charge is 0.493 e. The summed E-state index contributed by atoms with van der Waals surface area (Å²) in [6, 6.07) is 7.11. The van der Waals surface area contributed by atoms with Crippen molar-refractivity contribution in [2.24, 2.45) is 0 Å². The number of carbonyl (C=O) groups is 3. The van der Waals surface area contributed by atoms with E-state index in [1.807, 2.05) is 6.07 Å². The molecule has 1 aliphatic heterocycles. The molecule has 0 unspecified atom stereocenters. The van der Waals surface area contributed by atoms with E-state index in [1.54, 1.807) is 18.2 Å². The summed E-state index contributed by atoms with van der Waals surface area (Å²) in [5, 5.41) is 2.68. The van der Waals surface area contributed by atoms with E-state index in [-0.39, 0.29) is 24.8 Å². The fourth-order valence-electron chi connectivity index (χ4n) is 1.84. The first-order valence-electron chi connectivity index (χ1n) is 7.37. The minimum absolute atomic E-state index is 0.0895. The van der Waals surface area contributed by atoms with Crippen LogP contribution in [0.15, 0.2) is 40.8 Å². The molecule has 1 aromatic carbocycles. The van der Waals surface area contributed by atoms with Gasteiger partial charge in [0.15, 0.2) is 6.61 Å². The molecule has 0 aromatic heterocycles. The SMILES string of the molecule is CN(CC(=O)Nc1ccccc1Br)C(=O)COC(=O)C1=COCCO1. The van der Waals surface area contributed by atoms with Gasteiger partial charge in [0.1, 0.15) is 19.5 Å². The van der Waals surface area contributed by atoms with Crippen LogP contribution >= 0.6 is 15.9 Å². The Kier molecular flexibility index (Phi) is 6.81. The molecule has 0 atom stereocenters. The van der Waals surface area contributed by atoms with Crippen molar-refractivity contribution in [2.75, 3.05) is 38.7 Å². The van der Waals surface area contributed by atoms with E-state index in [0.717, 1.165) is 15.6 Å². The van der Waals surface area contributed by atoms with Crippen molar-refractivity contribution in [3.05, 3.63) is 40.8 Å². The summed E-state index contributed by atoms with van der Waals surface area (Å²) >= 11 is 3.32. The summed E-state index contributed by atoms with van der Waals surface area (Å²) in [6.45, 7) is -0.0898. The standard InChI is InChI=1S/C16H17BrN2O6/c1-19(8-14(20)18-12-5-3-2-4-11(12)17)15(21)10-25-16(22)13-9-23-6-7-24-13/h2-5,9H,6-8,10H2,1H3,(H,18,20). The summed E-state index contributed by atoms with van der Waals surface area (Å²) in [5.41, 5.74) is 0.598. The van der Waals surface area contributed by atoms with E-state index in [1.165, 1.54) is 7.05 Å². The smallest absolute Gasteiger partial charge is 0.377 e. The van der Waals surface area contributed by atoms with Gasteiger partial charge in [-0.05, 0) is 28.1 Å². The first-order valence-corrected chi connectivity index (χ1v) is 8.16. The topological polar surface area (TPSA) is 94.2 Å². The molecule has 0 spiro atoms. The number of ether oxygens (including phenoxy) is 3. The van der Waals surface area contributed by atoms with Crippen LogP contribution in [0.4, 0.5) is 5.69 Å². The predicted molar refractivity (Wildman–Crippen MR) is 91.4 cm³/mol. The number of nitrogens with one attached hydrogen (secondary N) is 1. The van der Waals surface area contributed by atoms with Crippen LogP contribution in [0.2, 0.25) is 0 Å². The van der Waals surface area contributed by atoms with E-state index in [4.69, 9.17) is 14.2 Å². The van der Waals surface area contributed by atoms with Gasteiger partial charge in [0.2, 0.25) is 11.7 Å². The molecule has 1 heterocycles. The first kappa shape index (κ1) is 18.8. The van der Waals surface area contributed by atoms with Crippen molar-refractivity contribution < 1.29 is 28.6 Å². The van der Waals surface area contributed by atoms with Gasteiger partial charge in [0, 0.05) is 11.5 Å². The molecule has 134 valence electrons. The molecular formula is C16H17BrN2O6. The fraction of sp³-hybridized carbons (Fsp3) is 0.312. The van der Waals surface area contributed by atoms with Crippen molar-refractivity contribution in [2.45, 2.75) is 0 Å². The van der Waals surface area contributed by atoms with Gasteiger partial charge in [-0.3, -0.25) is 9.59 Å². The molecular weight excluding hydrogens is 396 g/mol. The van der Waals surface area contributed by atoms with Crippen molar-refractivity contribution in [3.8, 4) is 0 Å². The first-order chi connectivity index (χ1) is 12.0. The van der Waals surface area contributed by atoms with Gasteiger partial charge in [0.05, 0.1) is 12.2 Å². The van der Waals surface area contributed by atoms with E-state index in [9.17, 15) is 14.4 Å². The Morgan fingerprint density at radius 2 is 2.04 bits per heavy atom. The number of para-hydroxylation sites is 1. The van der Waals surface area contributed by atoms with Crippen molar-refractivity contribution in [1.82, 2.24) is 4.90 Å². The lowest BCUT2D eigenvalue weighted by atomic mass is 10.3. The molecule has 2 amide bonds. The lowest BCUT2D eigenvalue weighted by Gasteiger charge is -2.18. The number of likely N-dealkylation sites (N-methyl/N-ethyl adjacent to an activating group) is 1. The number of nitrogens with zero attached hydrogens (tertiary/aromatic N) is 1. The van der Waals surface area contributed by atoms with Gasteiger partial charge in [-0.15, -0.1) is 0 Å². The second-order valence-corrected chi connectivity index (χ2v) is 5.91. The molecule has 0 bridgehead atoms. The second kappa shape index (κ2) is 9.07. The van der Waals surface area contributed by atoms with Crippen LogP contribution in [-0.4, -0.2) is 56.1 Å². The number of hydrogen-bond donors (Lipinski definition) is 1. The maximum atomic E-state index is 12.0. The number of carbonyl (C=O) groups excluding carboxylic acids is 3. The van der Waals surface area contributed by atoms with E-state index < -0.39 is 18.5 Å². The van der Waals surface area contributed by atoms with E-state index in [2.05, 4.69) is 21.2 Å². The zero-order valence-electron chi connectivity index (χ0n) is 13.5. The normalized spacial score (nSPS) is 13.0. The molecule has 1 aromatic rings. The van der Waals surface area contributed by atoms with E-state index >= 15 is 0 Å². The number of hydrogen-bond acceptors (Lipinski definition) is 6. The zero-order chi connectivity index (χ0) is 18.2. The van der Waals surface area contributed by atoms with Gasteiger partial charge >= 0.3 is 5.97 Å². The highest BCUT2D eigenvalue weighted by Gasteiger charge is 2.20. The van der Waals surface area contributed by atoms with Crippen LogP contribution in [0.3, 0.4) is 0 Å². The molecule has 8 nitrogen and oxygen atoms in total. The van der Waals surface area contributed by atoms with Crippen molar-refractivity contribution in [3.63, 3.8) is 0 Å². The maximum absolute atomic E-state index is 12.0. The van der Waals surface area contributed by atoms with Gasteiger partial charge in [-0.1, -0.05) is 12.1 Å². The maximum Gasteiger partial charge on any atom is 0.377 e. The number of halogens is 1. The van der Waals surface area contributed by atoms with Crippen LogP contribution in [0.1, 0.15) is 0 Å². The highest BCUT2D eigenvalue weighted by atomic mass is 79.9. The minimum atomic E-state index is -0.792. The van der Waals surface area contributed by atoms with Gasteiger partial charge in [-0.25, -0.2) is 4.79 Å². The summed E-state index contributed by atoms with van der Waals surface area (Å²) in [5.74, 6) is -1.78. The monoisotopic (exact) mass is 412 g/mol. The summed E-state index contributed by atoms with van der Waals surface area (Å²) in [4.78, 5) is 36.8. The molecule has 0 fully saturated rings. The van der Waals surface area contributed by atoms with Crippen molar-refractivity contribution >= 4 is 39.4 Å². The lowest BCUT2D eigenvalue weighted by molar-refractivity contribution is -0.152. The number of rotatable bonds is 6. The Morgan fingerprint density at radius 1 is 1.28 bits per heavy atom. The summed E-state index contributed by atoms with van der Waals surface area (Å²) in [7, 11) is 1.44. The minimum Gasteiger partial charge on any atom is -0.493 e. The molecule has 0 radical (unpaired) electrons. The predicted octanol–water partition coefficient (Wildman–Crippen LogP) is 1.28. The number of anilines is 1. The van der Waals surface area contributed by atoms with E-state index in [0.29, 0.717) is 12.3 Å². The van der Waals surface area contributed by atoms with Gasteiger partial charge in [-0.2, -0.15) is 0 Å². The van der Waals surface area contributed by atoms with Crippen molar-refractivity contribution in [1.29, 1.82) is 0 Å². The molecule has 0 aliphatic carbocycles. The Bertz CT molecular complexity index is 691. The Balaban J connectivity index is 1.77. The molecule has 25 heavy (non-hydrogen) atoms. The Hall–Kier alpha value is -2.55. The fourth-order valence-corrected chi connectivity index (χ4v) is 2.22. The molecule has 9 heteroatoms. The molecule has 1 aliphatic rings. The van der Waals surface area contributed by atoms with Crippen LogP contribution in [0, 0.1) is 0 Å². The molecule has 0 saturated carbocycles. The Morgan fingerprint density at radius 3 is 2.72 bits per heavy atom. The average Bonchev–Trinajstić information content (AvgIpc) is 2.62. The molecule has 1 N–H and O–H groups in total. The quantitative estimate of drug-likeness (QED) is 0.707. The highest BCUT2D eigenvalue weighted by Crippen LogP contribution is 2.20. The number of amides is 2. The van der Waals surface area contributed by atoms with Crippen LogP contribution < -0.4 is 5.32 Å².